The van der Waals surface area contributed by atoms with E-state index in [0.29, 0.717) is 11.6 Å². The average Bonchev–Trinajstić information content (AvgIpc) is 3.21. The van der Waals surface area contributed by atoms with Crippen molar-refractivity contribution in [2.75, 3.05) is 36.8 Å². The Bertz CT molecular complexity index is 1330. The second-order valence-corrected chi connectivity index (χ2v) is 13.3. The Hall–Kier alpha value is -2.40. The molecular formula is C22H25N3O4S3. The molecule has 1 aliphatic heterocycles. The summed E-state index contributed by atoms with van der Waals surface area (Å²) in [5, 5.41) is 0. The molecule has 170 valence electrons. The van der Waals surface area contributed by atoms with Gasteiger partial charge in [0.15, 0.2) is 0 Å². The van der Waals surface area contributed by atoms with E-state index in [1.54, 1.807) is 6.07 Å². The third-order valence-electron chi connectivity index (χ3n) is 5.51. The first-order valence-corrected chi connectivity index (χ1v) is 13.8. The van der Waals surface area contributed by atoms with Crippen molar-refractivity contribution in [1.29, 1.82) is 0 Å². The van der Waals surface area contributed by atoms with Crippen LogP contribution in [0.1, 0.15) is 17.0 Å². The van der Waals surface area contributed by atoms with Crippen molar-refractivity contribution in [2.45, 2.75) is 21.3 Å². The van der Waals surface area contributed by atoms with E-state index in [4.69, 9.17) is 0 Å². The number of sulfonamides is 2. The van der Waals surface area contributed by atoms with Crippen LogP contribution in [0.4, 0.5) is 11.4 Å². The van der Waals surface area contributed by atoms with Gasteiger partial charge in [0.25, 0.3) is 20.0 Å². The van der Waals surface area contributed by atoms with Crippen molar-refractivity contribution in [3.8, 4) is 0 Å². The average molecular weight is 492 g/mol. The number of thiophene rings is 1. The summed E-state index contributed by atoms with van der Waals surface area (Å²) in [6.07, 6.45) is 0. The fourth-order valence-corrected chi connectivity index (χ4v) is 7.72. The summed E-state index contributed by atoms with van der Waals surface area (Å²) in [6.45, 7) is 3.55. The molecule has 0 bridgehead atoms. The molecule has 1 N–H and O–H groups in total. The first-order chi connectivity index (χ1) is 15.1. The maximum Gasteiger partial charge on any atom is 0.271 e. The molecule has 10 heteroatoms. The normalized spacial score (nSPS) is 15.1. The van der Waals surface area contributed by atoms with Gasteiger partial charge in [0.05, 0.1) is 11.4 Å². The van der Waals surface area contributed by atoms with Gasteiger partial charge in [-0.2, -0.15) is 0 Å². The van der Waals surface area contributed by atoms with Gasteiger partial charge in [-0.1, -0.05) is 42.5 Å². The molecule has 0 amide bonds. The molecule has 3 aromatic rings. The summed E-state index contributed by atoms with van der Waals surface area (Å²) in [6, 6.07) is 18.4. The Morgan fingerprint density at radius 2 is 1.56 bits per heavy atom. The zero-order valence-corrected chi connectivity index (χ0v) is 20.5. The molecule has 0 radical (unpaired) electrons. The quantitative estimate of drug-likeness (QED) is 0.544. The summed E-state index contributed by atoms with van der Waals surface area (Å²) in [5.41, 5.74) is 3.58. The Balaban J connectivity index is 1.58. The van der Waals surface area contributed by atoms with Crippen molar-refractivity contribution in [3.63, 3.8) is 0 Å². The van der Waals surface area contributed by atoms with E-state index < -0.39 is 20.0 Å². The van der Waals surface area contributed by atoms with Crippen molar-refractivity contribution < 1.29 is 16.8 Å². The van der Waals surface area contributed by atoms with Crippen LogP contribution in [0.15, 0.2) is 69.1 Å². The number of para-hydroxylation sites is 1. The molecule has 32 heavy (non-hydrogen) atoms. The van der Waals surface area contributed by atoms with E-state index in [0.717, 1.165) is 40.0 Å². The van der Waals surface area contributed by atoms with Crippen LogP contribution in [0.25, 0.3) is 0 Å². The molecule has 2 aromatic carbocycles. The first-order valence-electron chi connectivity index (χ1n) is 10.0. The highest BCUT2D eigenvalue weighted by atomic mass is 32.3. The van der Waals surface area contributed by atoms with Crippen LogP contribution in [0.3, 0.4) is 0 Å². The summed E-state index contributed by atoms with van der Waals surface area (Å²) in [4.78, 5) is 2.17. The van der Waals surface area contributed by atoms with E-state index in [9.17, 15) is 16.8 Å². The van der Waals surface area contributed by atoms with E-state index in [-0.39, 0.29) is 8.42 Å². The topological polar surface area (TPSA) is 86.8 Å². The number of hydrogen-bond donors (Lipinski definition) is 1. The van der Waals surface area contributed by atoms with Gasteiger partial charge >= 0.3 is 0 Å². The lowest BCUT2D eigenvalue weighted by Gasteiger charge is -2.43. The highest BCUT2D eigenvalue weighted by molar-refractivity contribution is 7.96. The number of aryl methyl sites for hydroxylation is 1. The summed E-state index contributed by atoms with van der Waals surface area (Å²) in [7, 11) is -4.81. The molecule has 1 fully saturated rings. The molecule has 1 saturated heterocycles. The first kappa shape index (κ1) is 22.8. The summed E-state index contributed by atoms with van der Waals surface area (Å²) >= 11 is 0.737. The fourth-order valence-electron chi connectivity index (χ4n) is 3.72. The second-order valence-electron chi connectivity index (χ2n) is 7.95. The van der Waals surface area contributed by atoms with Crippen molar-refractivity contribution >= 4 is 42.8 Å². The standard InChI is InChI=1S/C22H25N3O4S3/c1-16-8-7-11-19(22(16)25-14-18(15-25)17-9-5-4-6-10-17)23-31(26,27)20-12-13-21(30-20)32(28,29)24(2)3/h4-13,18,23H,14-15H2,1-3H3. The number of hydrogen-bond acceptors (Lipinski definition) is 6. The third-order valence-corrected chi connectivity index (χ3v) is 10.7. The molecule has 0 saturated carbocycles. The molecule has 1 aromatic heterocycles. The number of rotatable bonds is 7. The van der Waals surface area contributed by atoms with E-state index in [1.165, 1.54) is 31.8 Å². The maximum atomic E-state index is 13.1. The minimum atomic E-state index is -3.94. The molecule has 0 atom stereocenters. The van der Waals surface area contributed by atoms with E-state index in [2.05, 4.69) is 21.8 Å². The van der Waals surface area contributed by atoms with Crippen molar-refractivity contribution in [2.24, 2.45) is 0 Å². The Morgan fingerprint density at radius 1 is 0.906 bits per heavy atom. The summed E-state index contributed by atoms with van der Waals surface area (Å²) in [5.74, 6) is 0.399. The molecular weight excluding hydrogens is 466 g/mol. The minimum absolute atomic E-state index is 0.0132. The number of anilines is 2. The van der Waals surface area contributed by atoms with Crippen LogP contribution >= 0.6 is 11.3 Å². The lowest BCUT2D eigenvalue weighted by atomic mass is 9.90. The molecule has 4 rings (SSSR count). The zero-order valence-electron chi connectivity index (χ0n) is 18.0. The zero-order chi connectivity index (χ0) is 23.1. The van der Waals surface area contributed by atoms with Crippen molar-refractivity contribution in [1.82, 2.24) is 4.31 Å². The van der Waals surface area contributed by atoms with Crippen LogP contribution in [0.5, 0.6) is 0 Å². The van der Waals surface area contributed by atoms with Gasteiger partial charge in [-0.05, 0) is 36.2 Å². The molecule has 0 spiro atoms. The van der Waals surface area contributed by atoms with Gasteiger partial charge in [-0.25, -0.2) is 21.1 Å². The minimum Gasteiger partial charge on any atom is -0.368 e. The van der Waals surface area contributed by atoms with Crippen LogP contribution in [-0.2, 0) is 20.0 Å². The third kappa shape index (κ3) is 4.27. The number of benzene rings is 2. The lowest BCUT2D eigenvalue weighted by molar-refractivity contribution is 0.523. The predicted molar refractivity (Wildman–Crippen MR) is 129 cm³/mol. The maximum absolute atomic E-state index is 13.1. The molecule has 0 unspecified atom stereocenters. The van der Waals surface area contributed by atoms with Gasteiger partial charge < -0.3 is 4.90 Å². The van der Waals surface area contributed by atoms with Crippen LogP contribution in [0, 0.1) is 6.92 Å². The molecule has 7 nitrogen and oxygen atoms in total. The van der Waals surface area contributed by atoms with Crippen molar-refractivity contribution in [3.05, 3.63) is 71.8 Å². The Kier molecular flexibility index (Phi) is 6.06. The smallest absolute Gasteiger partial charge is 0.271 e. The van der Waals surface area contributed by atoms with E-state index >= 15 is 0 Å². The highest BCUT2D eigenvalue weighted by Gasteiger charge is 2.32. The van der Waals surface area contributed by atoms with Gasteiger partial charge in [-0.15, -0.1) is 11.3 Å². The van der Waals surface area contributed by atoms with Gasteiger partial charge in [0.1, 0.15) is 8.42 Å². The SMILES string of the molecule is Cc1cccc(NS(=O)(=O)c2ccc(S(=O)(=O)N(C)C)s2)c1N1CC(c2ccccc2)C1. The van der Waals surface area contributed by atoms with Gasteiger partial charge in [0, 0.05) is 33.1 Å². The molecule has 0 aliphatic carbocycles. The Morgan fingerprint density at radius 3 is 2.22 bits per heavy atom. The van der Waals surface area contributed by atoms with Crippen LogP contribution in [-0.4, -0.2) is 48.3 Å². The molecule has 2 heterocycles. The number of nitrogens with zero attached hydrogens (tertiary/aromatic N) is 2. The van der Waals surface area contributed by atoms with E-state index in [1.807, 2.05) is 37.3 Å². The second kappa shape index (κ2) is 8.51. The van der Waals surface area contributed by atoms with Crippen LogP contribution in [0.2, 0.25) is 0 Å². The van der Waals surface area contributed by atoms with Gasteiger partial charge in [-0.3, -0.25) is 4.72 Å². The summed E-state index contributed by atoms with van der Waals surface area (Å²) < 4.78 is 54.5. The van der Waals surface area contributed by atoms with Crippen LogP contribution < -0.4 is 9.62 Å². The predicted octanol–water partition coefficient (Wildman–Crippen LogP) is 3.71. The highest BCUT2D eigenvalue weighted by Crippen LogP contribution is 2.39. The lowest BCUT2D eigenvalue weighted by Crippen LogP contribution is -2.45. The fraction of sp³-hybridized carbons (Fsp3) is 0.273. The largest absolute Gasteiger partial charge is 0.368 e. The Labute approximate surface area is 193 Å². The van der Waals surface area contributed by atoms with Gasteiger partial charge in [0.2, 0.25) is 0 Å². The number of nitrogens with one attached hydrogen (secondary N) is 1. The monoisotopic (exact) mass is 491 g/mol. The molecule has 1 aliphatic rings.